The fraction of sp³-hybridized carbons (Fsp3) is 0.350. The average Bonchev–Trinajstić information content (AvgIpc) is 2.45. The molecule has 0 bridgehead atoms. The molecule has 2 aromatic carbocycles. The normalized spacial score (nSPS) is 10.8. The summed E-state index contributed by atoms with van der Waals surface area (Å²) >= 11 is 0. The molecule has 0 aromatic heterocycles. The third-order valence-electron chi connectivity index (χ3n) is 3.89. The van der Waals surface area contributed by atoms with Crippen LogP contribution in [-0.4, -0.2) is 0 Å². The summed E-state index contributed by atoms with van der Waals surface area (Å²) in [7, 11) is 0. The number of unbranched alkanes of at least 4 members (excludes halogenated alkanes) is 1. The van der Waals surface area contributed by atoms with E-state index in [1.165, 1.54) is 47.1 Å². The SMILES string of the molecule is [CH2]c1cc(C)ccc1CCc1ccc(CCCC)cc1. The van der Waals surface area contributed by atoms with Gasteiger partial charge in [-0.05, 0) is 61.8 Å². The van der Waals surface area contributed by atoms with Gasteiger partial charge in [-0.25, -0.2) is 0 Å². The van der Waals surface area contributed by atoms with Crippen LogP contribution in [0.25, 0.3) is 0 Å². The lowest BCUT2D eigenvalue weighted by Crippen LogP contribution is -1.95. The third-order valence-corrected chi connectivity index (χ3v) is 3.89. The van der Waals surface area contributed by atoms with Gasteiger partial charge >= 0.3 is 0 Å². The van der Waals surface area contributed by atoms with Crippen LogP contribution in [0.4, 0.5) is 0 Å². The summed E-state index contributed by atoms with van der Waals surface area (Å²) in [6, 6.07) is 15.7. The molecular formula is C20H25. The molecule has 0 heteroatoms. The smallest absolute Gasteiger partial charge is 0.0235 e. The molecule has 0 spiro atoms. The Morgan fingerprint density at radius 1 is 0.850 bits per heavy atom. The van der Waals surface area contributed by atoms with Crippen molar-refractivity contribution in [3.05, 3.63) is 77.2 Å². The highest BCUT2D eigenvalue weighted by atomic mass is 14.1. The summed E-state index contributed by atoms with van der Waals surface area (Å²) in [5.41, 5.74) is 6.71. The first-order valence-electron chi connectivity index (χ1n) is 7.68. The van der Waals surface area contributed by atoms with Crippen molar-refractivity contribution >= 4 is 0 Å². The van der Waals surface area contributed by atoms with E-state index < -0.39 is 0 Å². The maximum Gasteiger partial charge on any atom is -0.0235 e. The van der Waals surface area contributed by atoms with Crippen molar-refractivity contribution in [3.8, 4) is 0 Å². The molecule has 2 aromatic rings. The Bertz CT molecular complexity index is 534. The van der Waals surface area contributed by atoms with Crippen molar-refractivity contribution in [1.82, 2.24) is 0 Å². The number of rotatable bonds is 6. The third kappa shape index (κ3) is 4.23. The molecule has 0 nitrogen and oxygen atoms in total. The first-order chi connectivity index (χ1) is 9.69. The van der Waals surface area contributed by atoms with Gasteiger partial charge in [-0.3, -0.25) is 0 Å². The van der Waals surface area contributed by atoms with Crippen LogP contribution in [0.1, 0.15) is 47.6 Å². The van der Waals surface area contributed by atoms with E-state index >= 15 is 0 Å². The molecule has 0 aliphatic rings. The predicted molar refractivity (Wildman–Crippen MR) is 88.1 cm³/mol. The summed E-state index contributed by atoms with van der Waals surface area (Å²) in [6.07, 6.45) is 5.93. The fourth-order valence-corrected chi connectivity index (χ4v) is 2.53. The number of aryl methyl sites for hydroxylation is 4. The highest BCUT2D eigenvalue weighted by molar-refractivity contribution is 5.34. The summed E-state index contributed by atoms with van der Waals surface area (Å²) in [6.45, 7) is 8.50. The van der Waals surface area contributed by atoms with E-state index in [4.69, 9.17) is 0 Å². The Hall–Kier alpha value is -1.56. The second-order valence-corrected chi connectivity index (χ2v) is 5.69. The van der Waals surface area contributed by atoms with Gasteiger partial charge in [0.1, 0.15) is 0 Å². The Labute approximate surface area is 123 Å². The van der Waals surface area contributed by atoms with E-state index in [2.05, 4.69) is 63.2 Å². The maximum atomic E-state index is 4.14. The Kier molecular flexibility index (Phi) is 5.40. The highest BCUT2D eigenvalue weighted by Crippen LogP contribution is 2.15. The van der Waals surface area contributed by atoms with Crippen molar-refractivity contribution in [2.45, 2.75) is 46.0 Å². The monoisotopic (exact) mass is 265 g/mol. The second kappa shape index (κ2) is 7.28. The lowest BCUT2D eigenvalue weighted by molar-refractivity contribution is 0.794. The predicted octanol–water partition coefficient (Wildman–Crippen LogP) is 5.31. The van der Waals surface area contributed by atoms with Crippen LogP contribution in [-0.2, 0) is 19.3 Å². The molecule has 0 unspecified atom stereocenters. The van der Waals surface area contributed by atoms with Gasteiger partial charge in [0.2, 0.25) is 0 Å². The van der Waals surface area contributed by atoms with Crippen LogP contribution in [0, 0.1) is 13.8 Å². The van der Waals surface area contributed by atoms with Gasteiger partial charge in [-0.15, -0.1) is 0 Å². The van der Waals surface area contributed by atoms with Crippen molar-refractivity contribution in [1.29, 1.82) is 0 Å². The minimum atomic E-state index is 1.08. The van der Waals surface area contributed by atoms with E-state index in [0.717, 1.165) is 12.8 Å². The largest absolute Gasteiger partial charge is 0.0654 e. The van der Waals surface area contributed by atoms with Crippen LogP contribution in [0.3, 0.4) is 0 Å². The standard InChI is InChI=1S/C20H25/c1-4-5-6-18-8-10-19(11-9-18)12-14-20-13-7-16(2)15-17(20)3/h7-11,13,15H,3-6,12,14H2,1-2H3. The van der Waals surface area contributed by atoms with Crippen LogP contribution in [0.15, 0.2) is 42.5 Å². The molecule has 105 valence electrons. The number of hydrogen-bond acceptors (Lipinski definition) is 0. The molecule has 0 saturated carbocycles. The fourth-order valence-electron chi connectivity index (χ4n) is 2.53. The Morgan fingerprint density at radius 2 is 1.50 bits per heavy atom. The van der Waals surface area contributed by atoms with Crippen LogP contribution in [0.2, 0.25) is 0 Å². The molecule has 0 atom stereocenters. The molecule has 0 aliphatic heterocycles. The van der Waals surface area contributed by atoms with E-state index in [9.17, 15) is 0 Å². The van der Waals surface area contributed by atoms with Gasteiger partial charge in [-0.2, -0.15) is 0 Å². The highest BCUT2D eigenvalue weighted by Gasteiger charge is 2.00. The molecular weight excluding hydrogens is 240 g/mol. The van der Waals surface area contributed by atoms with Gasteiger partial charge in [-0.1, -0.05) is 61.4 Å². The average molecular weight is 265 g/mol. The molecule has 2 rings (SSSR count). The van der Waals surface area contributed by atoms with Crippen molar-refractivity contribution in [3.63, 3.8) is 0 Å². The summed E-state index contributed by atoms with van der Waals surface area (Å²) in [4.78, 5) is 0. The topological polar surface area (TPSA) is 0 Å². The first-order valence-corrected chi connectivity index (χ1v) is 7.68. The lowest BCUT2D eigenvalue weighted by atomic mass is 9.98. The number of benzene rings is 2. The molecule has 0 aliphatic carbocycles. The van der Waals surface area contributed by atoms with Crippen LogP contribution in [0.5, 0.6) is 0 Å². The van der Waals surface area contributed by atoms with Gasteiger partial charge in [0.25, 0.3) is 0 Å². The van der Waals surface area contributed by atoms with Crippen LogP contribution >= 0.6 is 0 Å². The Morgan fingerprint density at radius 3 is 2.10 bits per heavy atom. The van der Waals surface area contributed by atoms with Gasteiger partial charge in [0.05, 0.1) is 0 Å². The first kappa shape index (κ1) is 14.8. The zero-order valence-electron chi connectivity index (χ0n) is 12.8. The van der Waals surface area contributed by atoms with Crippen molar-refractivity contribution in [2.24, 2.45) is 0 Å². The van der Waals surface area contributed by atoms with Crippen LogP contribution < -0.4 is 0 Å². The molecule has 20 heavy (non-hydrogen) atoms. The van der Waals surface area contributed by atoms with Gasteiger partial charge in [0, 0.05) is 0 Å². The van der Waals surface area contributed by atoms with Crippen molar-refractivity contribution < 1.29 is 0 Å². The maximum absolute atomic E-state index is 4.14. The summed E-state index contributed by atoms with van der Waals surface area (Å²) in [5, 5.41) is 0. The van der Waals surface area contributed by atoms with E-state index in [1.807, 2.05) is 0 Å². The quantitative estimate of drug-likeness (QED) is 0.664. The molecule has 0 amide bonds. The Balaban J connectivity index is 1.93. The van der Waals surface area contributed by atoms with Crippen molar-refractivity contribution in [2.75, 3.05) is 0 Å². The minimum absolute atomic E-state index is 1.08. The second-order valence-electron chi connectivity index (χ2n) is 5.69. The zero-order valence-corrected chi connectivity index (χ0v) is 12.8. The molecule has 0 fully saturated rings. The molecule has 1 radical (unpaired) electrons. The molecule has 0 saturated heterocycles. The summed E-state index contributed by atoms with van der Waals surface area (Å²) < 4.78 is 0. The zero-order chi connectivity index (χ0) is 14.4. The minimum Gasteiger partial charge on any atom is -0.0654 e. The van der Waals surface area contributed by atoms with E-state index in [0.29, 0.717) is 0 Å². The van der Waals surface area contributed by atoms with E-state index in [-0.39, 0.29) is 0 Å². The molecule has 0 N–H and O–H groups in total. The van der Waals surface area contributed by atoms with E-state index in [1.54, 1.807) is 0 Å². The molecule has 0 heterocycles. The lowest BCUT2D eigenvalue weighted by Gasteiger charge is -2.08. The summed E-state index contributed by atoms with van der Waals surface area (Å²) in [5.74, 6) is 0. The van der Waals surface area contributed by atoms with Gasteiger partial charge in [0.15, 0.2) is 0 Å². The van der Waals surface area contributed by atoms with Gasteiger partial charge < -0.3 is 0 Å². The number of hydrogen-bond donors (Lipinski definition) is 0.